The standard InChI is InChI=1S/C19H27N5O3.C2HF3O2/c1-12-13(2)20-11-21-17(12)19(26)24-9-14-8-15(16(10-24)27-14)18(25)23-6-4-22(3)5-7-23;3-2(4,5)1(6)7/h11,14-16H,4-10H2,1-3H3;(H,6,7). The molecule has 34 heavy (non-hydrogen) atoms. The van der Waals surface area contributed by atoms with Gasteiger partial charge in [-0.3, -0.25) is 9.59 Å². The number of carbonyl (C=O) groups excluding carboxylic acids is 2. The van der Waals surface area contributed by atoms with Crippen LogP contribution in [0, 0.1) is 19.8 Å². The maximum absolute atomic E-state index is 13.0. The topological polar surface area (TPSA) is 116 Å². The van der Waals surface area contributed by atoms with Crippen LogP contribution in [0.15, 0.2) is 6.33 Å². The Hall–Kier alpha value is -2.80. The number of hydrogen-bond acceptors (Lipinski definition) is 7. The highest BCUT2D eigenvalue weighted by Crippen LogP contribution is 2.34. The molecule has 0 aliphatic carbocycles. The van der Waals surface area contributed by atoms with Crippen molar-refractivity contribution >= 4 is 17.8 Å². The van der Waals surface area contributed by atoms with E-state index in [2.05, 4.69) is 21.9 Å². The van der Waals surface area contributed by atoms with Crippen LogP contribution in [0.25, 0.3) is 0 Å². The van der Waals surface area contributed by atoms with Gasteiger partial charge in [-0.1, -0.05) is 0 Å². The Balaban J connectivity index is 0.000000406. The van der Waals surface area contributed by atoms with Gasteiger partial charge in [0.25, 0.3) is 5.91 Å². The molecule has 3 aliphatic heterocycles. The first-order valence-electron chi connectivity index (χ1n) is 10.9. The number of aromatic nitrogens is 2. The molecule has 3 unspecified atom stereocenters. The third-order valence-corrected chi connectivity index (χ3v) is 6.36. The summed E-state index contributed by atoms with van der Waals surface area (Å²) in [7, 11) is 2.08. The van der Waals surface area contributed by atoms with Gasteiger partial charge in [-0.25, -0.2) is 14.8 Å². The fourth-order valence-corrected chi connectivity index (χ4v) is 4.25. The lowest BCUT2D eigenvalue weighted by atomic mass is 9.98. The molecule has 3 saturated heterocycles. The van der Waals surface area contributed by atoms with Crippen molar-refractivity contribution in [1.82, 2.24) is 24.7 Å². The number of morpholine rings is 1. The average Bonchev–Trinajstić information content (AvgIpc) is 3.08. The molecule has 0 spiro atoms. The first kappa shape index (κ1) is 25.8. The second-order valence-corrected chi connectivity index (χ2v) is 8.71. The molecule has 3 fully saturated rings. The predicted octanol–water partition coefficient (Wildman–Crippen LogP) is 0.730. The number of likely N-dealkylation sites (N-methyl/N-ethyl adjacent to an activating group) is 1. The molecule has 3 atom stereocenters. The lowest BCUT2D eigenvalue weighted by Gasteiger charge is -2.36. The summed E-state index contributed by atoms with van der Waals surface area (Å²) >= 11 is 0. The van der Waals surface area contributed by atoms with E-state index in [1.807, 2.05) is 18.7 Å². The van der Waals surface area contributed by atoms with Gasteiger partial charge in [0, 0.05) is 50.5 Å². The zero-order chi connectivity index (χ0) is 25.2. The SMILES string of the molecule is Cc1ncnc(C(=O)N2CC3CC(C(=O)N4CCN(C)CC4)C(C2)O3)c1C.O=C(O)C(F)(F)F. The number of aryl methyl sites for hydroxylation is 1. The fraction of sp³-hybridized carbons (Fsp3) is 0.667. The van der Waals surface area contributed by atoms with E-state index in [-0.39, 0.29) is 29.9 Å². The Kier molecular flexibility index (Phi) is 7.76. The average molecular weight is 487 g/mol. The van der Waals surface area contributed by atoms with Crippen molar-refractivity contribution in [3.63, 3.8) is 0 Å². The number of ether oxygens (including phenoxy) is 1. The van der Waals surface area contributed by atoms with Crippen LogP contribution in [0.2, 0.25) is 0 Å². The lowest BCUT2D eigenvalue weighted by molar-refractivity contribution is -0.192. The Labute approximate surface area is 194 Å². The minimum Gasteiger partial charge on any atom is -0.475 e. The summed E-state index contributed by atoms with van der Waals surface area (Å²) in [6.45, 7) is 8.07. The van der Waals surface area contributed by atoms with Gasteiger partial charge in [-0.15, -0.1) is 0 Å². The summed E-state index contributed by atoms with van der Waals surface area (Å²) in [6.07, 6.45) is -3.24. The molecule has 10 nitrogen and oxygen atoms in total. The van der Waals surface area contributed by atoms with Crippen molar-refractivity contribution in [2.24, 2.45) is 5.92 Å². The van der Waals surface area contributed by atoms with Gasteiger partial charge in [0.15, 0.2) is 0 Å². The van der Waals surface area contributed by atoms with Crippen LogP contribution in [-0.4, -0.2) is 112 Å². The summed E-state index contributed by atoms with van der Waals surface area (Å²) < 4.78 is 37.8. The third kappa shape index (κ3) is 5.81. The maximum Gasteiger partial charge on any atom is 0.490 e. The minimum absolute atomic E-state index is 0.0719. The molecule has 188 valence electrons. The van der Waals surface area contributed by atoms with Crippen LogP contribution in [0.5, 0.6) is 0 Å². The van der Waals surface area contributed by atoms with Gasteiger partial charge in [-0.2, -0.15) is 13.2 Å². The Morgan fingerprint density at radius 1 is 1.06 bits per heavy atom. The summed E-state index contributed by atoms with van der Waals surface area (Å²) in [5, 5.41) is 7.12. The molecular formula is C21H28F3N5O5. The number of nitrogens with zero attached hydrogens (tertiary/aromatic N) is 5. The number of fused-ring (bicyclic) bond motifs is 2. The Bertz CT molecular complexity index is 936. The fourth-order valence-electron chi connectivity index (χ4n) is 4.25. The van der Waals surface area contributed by atoms with Crippen molar-refractivity contribution in [3.05, 3.63) is 23.3 Å². The number of alkyl halides is 3. The molecule has 2 amide bonds. The second kappa shape index (κ2) is 10.2. The highest BCUT2D eigenvalue weighted by atomic mass is 19.4. The molecular weight excluding hydrogens is 459 g/mol. The van der Waals surface area contributed by atoms with Crippen molar-refractivity contribution in [2.45, 2.75) is 38.7 Å². The minimum atomic E-state index is -5.08. The van der Waals surface area contributed by atoms with Crippen molar-refractivity contribution < 1.29 is 37.4 Å². The van der Waals surface area contributed by atoms with Gasteiger partial charge in [0.2, 0.25) is 5.91 Å². The third-order valence-electron chi connectivity index (χ3n) is 6.36. The first-order chi connectivity index (χ1) is 15.9. The van der Waals surface area contributed by atoms with E-state index in [1.165, 1.54) is 6.33 Å². The van der Waals surface area contributed by atoms with Crippen LogP contribution < -0.4 is 0 Å². The molecule has 0 saturated carbocycles. The number of likely N-dealkylation sites (tertiary alicyclic amines) is 1. The number of hydrogen-bond donors (Lipinski definition) is 1. The van der Waals surface area contributed by atoms with Crippen LogP contribution in [0.3, 0.4) is 0 Å². The molecule has 1 aromatic heterocycles. The van der Waals surface area contributed by atoms with E-state index in [1.54, 1.807) is 4.90 Å². The van der Waals surface area contributed by atoms with Crippen LogP contribution in [0.4, 0.5) is 13.2 Å². The van der Waals surface area contributed by atoms with Crippen LogP contribution >= 0.6 is 0 Å². The molecule has 0 radical (unpaired) electrons. The zero-order valence-electron chi connectivity index (χ0n) is 19.2. The lowest BCUT2D eigenvalue weighted by Crippen LogP contribution is -2.51. The van der Waals surface area contributed by atoms with Gasteiger partial charge in [-0.05, 0) is 27.3 Å². The van der Waals surface area contributed by atoms with Crippen LogP contribution in [-0.2, 0) is 14.3 Å². The maximum atomic E-state index is 13.0. The van der Waals surface area contributed by atoms with Crippen molar-refractivity contribution in [2.75, 3.05) is 46.3 Å². The summed E-state index contributed by atoms with van der Waals surface area (Å²) in [6, 6.07) is 0. The van der Waals surface area contributed by atoms with E-state index in [0.29, 0.717) is 25.2 Å². The highest BCUT2D eigenvalue weighted by Gasteiger charge is 2.47. The summed E-state index contributed by atoms with van der Waals surface area (Å²) in [5.41, 5.74) is 2.07. The molecule has 3 aliphatic rings. The molecule has 4 rings (SSSR count). The number of aliphatic carboxylic acids is 1. The normalized spacial score (nSPS) is 24.9. The van der Waals surface area contributed by atoms with Crippen LogP contribution in [0.1, 0.15) is 28.2 Å². The van der Waals surface area contributed by atoms with Gasteiger partial charge >= 0.3 is 12.1 Å². The zero-order valence-corrected chi connectivity index (χ0v) is 19.2. The first-order valence-corrected chi connectivity index (χ1v) is 10.9. The molecule has 1 N–H and O–H groups in total. The summed E-state index contributed by atoms with van der Waals surface area (Å²) in [4.78, 5) is 49.2. The molecule has 13 heteroatoms. The van der Waals surface area contributed by atoms with E-state index in [4.69, 9.17) is 14.6 Å². The summed E-state index contributed by atoms with van der Waals surface area (Å²) in [5.74, 6) is -2.82. The number of piperazine rings is 1. The number of carbonyl (C=O) groups is 3. The highest BCUT2D eigenvalue weighted by molar-refractivity contribution is 5.94. The largest absolute Gasteiger partial charge is 0.490 e. The monoisotopic (exact) mass is 487 g/mol. The van der Waals surface area contributed by atoms with E-state index >= 15 is 0 Å². The van der Waals surface area contributed by atoms with Gasteiger partial charge in [0.05, 0.1) is 18.1 Å². The number of carboxylic acid groups (broad SMARTS) is 1. The van der Waals surface area contributed by atoms with E-state index in [9.17, 15) is 22.8 Å². The molecule has 4 heterocycles. The predicted molar refractivity (Wildman–Crippen MR) is 112 cm³/mol. The quantitative estimate of drug-likeness (QED) is 0.649. The molecule has 2 bridgehead atoms. The molecule has 1 aromatic rings. The van der Waals surface area contributed by atoms with E-state index in [0.717, 1.165) is 37.4 Å². The Morgan fingerprint density at radius 3 is 2.26 bits per heavy atom. The smallest absolute Gasteiger partial charge is 0.475 e. The Morgan fingerprint density at radius 2 is 1.68 bits per heavy atom. The number of halogens is 3. The van der Waals surface area contributed by atoms with Gasteiger partial charge in [0.1, 0.15) is 12.0 Å². The second-order valence-electron chi connectivity index (χ2n) is 8.71. The number of rotatable bonds is 2. The number of carboxylic acids is 1. The van der Waals surface area contributed by atoms with Crippen molar-refractivity contribution in [1.29, 1.82) is 0 Å². The van der Waals surface area contributed by atoms with E-state index < -0.39 is 12.1 Å². The number of amides is 2. The molecule has 0 aromatic carbocycles. The van der Waals surface area contributed by atoms with Gasteiger partial charge < -0.3 is 24.5 Å². The van der Waals surface area contributed by atoms with Crippen molar-refractivity contribution in [3.8, 4) is 0 Å².